The highest BCUT2D eigenvalue weighted by Gasteiger charge is 1.99. The molecule has 0 saturated heterocycles. The number of hydrogen-bond acceptors (Lipinski definition) is 0. The number of aromatic nitrogens is 1. The van der Waals surface area contributed by atoms with Crippen LogP contribution < -0.4 is 4.57 Å². The second kappa shape index (κ2) is 2.59. The van der Waals surface area contributed by atoms with Crippen LogP contribution in [0.15, 0.2) is 36.7 Å². The van der Waals surface area contributed by atoms with E-state index in [1.165, 1.54) is 16.3 Å². The van der Waals surface area contributed by atoms with Crippen molar-refractivity contribution < 1.29 is 4.57 Å². The second-order valence-electron chi connectivity index (χ2n) is 3.19. The van der Waals surface area contributed by atoms with E-state index >= 15 is 0 Å². The topological polar surface area (TPSA) is 3.88 Å². The molecule has 1 heteroatoms. The third-order valence-electron chi connectivity index (χ3n) is 2.18. The van der Waals surface area contributed by atoms with Gasteiger partial charge in [0.1, 0.15) is 7.05 Å². The van der Waals surface area contributed by atoms with Crippen LogP contribution >= 0.6 is 0 Å². The van der Waals surface area contributed by atoms with Gasteiger partial charge in [-0.2, -0.15) is 0 Å². The van der Waals surface area contributed by atoms with E-state index in [-0.39, 0.29) is 0 Å². The van der Waals surface area contributed by atoms with E-state index in [1.54, 1.807) is 0 Å². The molecule has 1 aromatic heterocycles. The number of rotatable bonds is 0. The lowest BCUT2D eigenvalue weighted by Gasteiger charge is -1.98. The molecular weight excluding hydrogens is 146 g/mol. The predicted octanol–water partition coefficient (Wildman–Crippen LogP) is 1.97. The molecule has 1 heterocycles. The molecule has 0 unspecified atom stereocenters. The molecule has 60 valence electrons. The lowest BCUT2D eigenvalue weighted by atomic mass is 10.1. The van der Waals surface area contributed by atoms with E-state index in [2.05, 4.69) is 48.1 Å². The number of aryl methyl sites for hydroxylation is 2. The highest BCUT2D eigenvalue weighted by atomic mass is 14.9. The normalized spacial score (nSPS) is 10.5. The zero-order valence-electron chi connectivity index (χ0n) is 7.41. The maximum atomic E-state index is 2.16. The molecule has 0 saturated carbocycles. The van der Waals surface area contributed by atoms with Gasteiger partial charge in [-0.15, -0.1) is 0 Å². The molecule has 0 aliphatic carbocycles. The molecule has 0 N–H and O–H groups in total. The maximum Gasteiger partial charge on any atom is 0.176 e. The van der Waals surface area contributed by atoms with Gasteiger partial charge in [-0.25, -0.2) is 4.57 Å². The van der Waals surface area contributed by atoms with Gasteiger partial charge in [-0.1, -0.05) is 18.2 Å². The molecule has 0 atom stereocenters. The van der Waals surface area contributed by atoms with Crippen LogP contribution in [0.2, 0.25) is 0 Å². The number of nitrogens with zero attached hydrogens (tertiary/aromatic N) is 1. The Labute approximate surface area is 72.3 Å². The molecule has 0 bridgehead atoms. The van der Waals surface area contributed by atoms with Crippen molar-refractivity contribution in [1.82, 2.24) is 0 Å². The first-order valence-corrected chi connectivity index (χ1v) is 4.12. The lowest BCUT2D eigenvalue weighted by molar-refractivity contribution is -0.670. The van der Waals surface area contributed by atoms with Gasteiger partial charge in [0.25, 0.3) is 0 Å². The van der Waals surface area contributed by atoms with E-state index in [4.69, 9.17) is 0 Å². The summed E-state index contributed by atoms with van der Waals surface area (Å²) < 4.78 is 2.08. The first-order chi connectivity index (χ1) is 5.77. The molecule has 0 aliphatic heterocycles. The van der Waals surface area contributed by atoms with Crippen LogP contribution in [-0.4, -0.2) is 0 Å². The van der Waals surface area contributed by atoms with Gasteiger partial charge in [0.05, 0.1) is 0 Å². The van der Waals surface area contributed by atoms with E-state index in [0.717, 1.165) is 0 Å². The largest absolute Gasteiger partial charge is 0.207 e. The molecule has 2 rings (SSSR count). The lowest BCUT2D eigenvalue weighted by Crippen LogP contribution is -2.25. The molecule has 1 nitrogen and oxygen atoms in total. The van der Waals surface area contributed by atoms with Gasteiger partial charge in [0, 0.05) is 11.5 Å². The Morgan fingerprint density at radius 1 is 1.17 bits per heavy atom. The standard InChI is InChI=1S/C11H12N/c1-9-4-3-5-10-6-7-12(2)8-11(9)10/h3-8H,1-2H3/q+1. The van der Waals surface area contributed by atoms with Crippen LogP contribution in [0.4, 0.5) is 0 Å². The Balaban J connectivity index is 2.88. The summed E-state index contributed by atoms with van der Waals surface area (Å²) in [7, 11) is 2.05. The van der Waals surface area contributed by atoms with Gasteiger partial charge in [0.15, 0.2) is 12.4 Å². The van der Waals surface area contributed by atoms with Crippen molar-refractivity contribution in [3.63, 3.8) is 0 Å². The van der Waals surface area contributed by atoms with Crippen LogP contribution in [0.3, 0.4) is 0 Å². The van der Waals surface area contributed by atoms with Crippen molar-refractivity contribution in [1.29, 1.82) is 0 Å². The smallest absolute Gasteiger partial charge is 0.176 e. The molecule has 2 aromatic rings. The second-order valence-corrected chi connectivity index (χ2v) is 3.19. The van der Waals surface area contributed by atoms with Crippen molar-refractivity contribution in [3.8, 4) is 0 Å². The van der Waals surface area contributed by atoms with Crippen molar-refractivity contribution in [2.75, 3.05) is 0 Å². The third kappa shape index (κ3) is 1.07. The Morgan fingerprint density at radius 3 is 2.83 bits per heavy atom. The molecule has 1 aromatic carbocycles. The summed E-state index contributed by atoms with van der Waals surface area (Å²) in [6.45, 7) is 2.14. The van der Waals surface area contributed by atoms with Gasteiger partial charge in [0.2, 0.25) is 0 Å². The molecule has 0 aliphatic rings. The summed E-state index contributed by atoms with van der Waals surface area (Å²) in [6.07, 6.45) is 4.23. The fraction of sp³-hybridized carbons (Fsp3) is 0.182. The summed E-state index contributed by atoms with van der Waals surface area (Å²) in [5.74, 6) is 0. The minimum absolute atomic E-state index is 1.31. The Bertz CT molecular complexity index is 418. The Morgan fingerprint density at radius 2 is 2.00 bits per heavy atom. The molecule has 0 spiro atoms. The van der Waals surface area contributed by atoms with E-state index < -0.39 is 0 Å². The van der Waals surface area contributed by atoms with Crippen LogP contribution in [-0.2, 0) is 7.05 Å². The van der Waals surface area contributed by atoms with Crippen LogP contribution in [0, 0.1) is 6.92 Å². The molecule has 12 heavy (non-hydrogen) atoms. The average molecular weight is 158 g/mol. The quantitative estimate of drug-likeness (QED) is 0.516. The highest BCUT2D eigenvalue weighted by Crippen LogP contribution is 2.14. The van der Waals surface area contributed by atoms with Crippen molar-refractivity contribution in [2.45, 2.75) is 6.92 Å². The SMILES string of the molecule is Cc1cccc2cc[n+](C)cc12. The van der Waals surface area contributed by atoms with E-state index in [0.29, 0.717) is 0 Å². The minimum Gasteiger partial charge on any atom is -0.207 e. The van der Waals surface area contributed by atoms with Gasteiger partial charge >= 0.3 is 0 Å². The Hall–Kier alpha value is -1.37. The molecular formula is C11H12N+. The highest BCUT2D eigenvalue weighted by molar-refractivity contribution is 5.83. The fourth-order valence-electron chi connectivity index (χ4n) is 1.47. The summed E-state index contributed by atoms with van der Waals surface area (Å²) in [6, 6.07) is 8.52. The third-order valence-corrected chi connectivity index (χ3v) is 2.18. The summed E-state index contributed by atoms with van der Waals surface area (Å²) in [5, 5.41) is 2.65. The molecule has 0 fully saturated rings. The number of benzene rings is 1. The van der Waals surface area contributed by atoms with E-state index in [1.807, 2.05) is 7.05 Å². The minimum atomic E-state index is 1.31. The van der Waals surface area contributed by atoms with Crippen molar-refractivity contribution in [3.05, 3.63) is 42.2 Å². The molecule has 0 radical (unpaired) electrons. The zero-order chi connectivity index (χ0) is 8.55. The first kappa shape index (κ1) is 7.29. The number of fused-ring (bicyclic) bond motifs is 1. The van der Waals surface area contributed by atoms with Crippen LogP contribution in [0.25, 0.3) is 10.8 Å². The molecule has 0 amide bonds. The van der Waals surface area contributed by atoms with Gasteiger partial charge in [-0.3, -0.25) is 0 Å². The summed E-state index contributed by atoms with van der Waals surface area (Å²) in [4.78, 5) is 0. The van der Waals surface area contributed by atoms with Gasteiger partial charge < -0.3 is 0 Å². The fourth-order valence-corrected chi connectivity index (χ4v) is 1.47. The predicted molar refractivity (Wildman–Crippen MR) is 49.9 cm³/mol. The monoisotopic (exact) mass is 158 g/mol. The summed E-state index contributed by atoms with van der Waals surface area (Å²) in [5.41, 5.74) is 1.34. The number of hydrogen-bond donors (Lipinski definition) is 0. The average Bonchev–Trinajstić information content (AvgIpc) is 2.07. The maximum absolute atomic E-state index is 2.16. The van der Waals surface area contributed by atoms with Crippen molar-refractivity contribution >= 4 is 10.8 Å². The summed E-state index contributed by atoms with van der Waals surface area (Å²) >= 11 is 0. The van der Waals surface area contributed by atoms with Crippen LogP contribution in [0.1, 0.15) is 5.56 Å². The first-order valence-electron chi connectivity index (χ1n) is 4.12. The zero-order valence-corrected chi connectivity index (χ0v) is 7.41. The van der Waals surface area contributed by atoms with Gasteiger partial charge in [-0.05, 0) is 17.9 Å². The van der Waals surface area contributed by atoms with Crippen molar-refractivity contribution in [2.24, 2.45) is 7.05 Å². The number of pyridine rings is 1. The van der Waals surface area contributed by atoms with Crippen LogP contribution in [0.5, 0.6) is 0 Å². The Kier molecular flexibility index (Phi) is 1.58. The van der Waals surface area contributed by atoms with E-state index in [9.17, 15) is 0 Å².